The van der Waals surface area contributed by atoms with Gasteiger partial charge in [0.15, 0.2) is 0 Å². The van der Waals surface area contributed by atoms with Crippen molar-refractivity contribution in [3.05, 3.63) is 30.1 Å². The third kappa shape index (κ3) is 7.72. The van der Waals surface area contributed by atoms with Crippen molar-refractivity contribution >= 4 is 11.9 Å². The number of carboxylic acid groups (broad SMARTS) is 1. The number of carbonyl (C=O) groups is 2. The summed E-state index contributed by atoms with van der Waals surface area (Å²) in [4.78, 5) is 30.0. The minimum Gasteiger partial charge on any atom is -0.475 e. The number of piperidine rings is 1. The molecule has 0 aromatic carbocycles. The summed E-state index contributed by atoms with van der Waals surface area (Å²) in [5, 5.41) is 7.12. The number of alkyl halides is 3. The van der Waals surface area contributed by atoms with Crippen LogP contribution >= 0.6 is 0 Å². The van der Waals surface area contributed by atoms with E-state index in [9.17, 15) is 18.0 Å². The van der Waals surface area contributed by atoms with E-state index in [0.29, 0.717) is 18.2 Å². The number of aromatic nitrogens is 1. The number of hydrogen-bond acceptors (Lipinski definition) is 6. The molecule has 2 unspecified atom stereocenters. The maximum atomic E-state index is 12.7. The highest BCUT2D eigenvalue weighted by molar-refractivity contribution is 5.92. The molecule has 3 rings (SSSR count). The van der Waals surface area contributed by atoms with Gasteiger partial charge in [0.05, 0.1) is 25.4 Å². The van der Waals surface area contributed by atoms with E-state index in [1.807, 2.05) is 17.0 Å². The zero-order chi connectivity index (χ0) is 23.8. The monoisotopic (exact) mass is 461 g/mol. The molecule has 0 aliphatic carbocycles. The van der Waals surface area contributed by atoms with Gasteiger partial charge >= 0.3 is 12.1 Å². The highest BCUT2D eigenvalue weighted by atomic mass is 19.4. The summed E-state index contributed by atoms with van der Waals surface area (Å²) in [6, 6.07) is 5.48. The van der Waals surface area contributed by atoms with Crippen molar-refractivity contribution in [1.82, 2.24) is 14.8 Å². The number of nitrogens with zero attached hydrogens (tertiary/aromatic N) is 3. The number of carbonyl (C=O) groups excluding carboxylic acids is 1. The average molecular weight is 461 g/mol. The maximum absolute atomic E-state index is 12.7. The van der Waals surface area contributed by atoms with Gasteiger partial charge in [0.2, 0.25) is 0 Å². The van der Waals surface area contributed by atoms with Crippen molar-refractivity contribution in [2.45, 2.75) is 31.0 Å². The predicted molar refractivity (Wildman–Crippen MR) is 109 cm³/mol. The topological polar surface area (TPSA) is 92.2 Å². The third-order valence-electron chi connectivity index (χ3n) is 5.49. The molecule has 180 valence electrons. The third-order valence-corrected chi connectivity index (χ3v) is 5.49. The number of hydrogen-bond donors (Lipinski definition) is 1. The van der Waals surface area contributed by atoms with Gasteiger partial charge < -0.3 is 24.4 Å². The highest BCUT2D eigenvalue weighted by Crippen LogP contribution is 2.38. The fraction of sp³-hybridized carbons (Fsp3) is 0.667. The summed E-state index contributed by atoms with van der Waals surface area (Å²) < 4.78 is 43.1. The van der Waals surface area contributed by atoms with Gasteiger partial charge in [0, 0.05) is 32.9 Å². The van der Waals surface area contributed by atoms with Crippen LogP contribution in [0, 0.1) is 5.92 Å². The number of aliphatic carboxylic acids is 1. The number of likely N-dealkylation sites (N-methyl/N-ethyl adjacent to an activating group) is 1. The normalized spacial score (nSPS) is 23.2. The second-order valence-electron chi connectivity index (χ2n) is 8.17. The predicted octanol–water partition coefficient (Wildman–Crippen LogP) is 2.30. The van der Waals surface area contributed by atoms with E-state index in [1.165, 1.54) is 0 Å². The quantitative estimate of drug-likeness (QED) is 0.695. The molecule has 1 N–H and O–H groups in total. The Labute approximate surface area is 185 Å². The lowest BCUT2D eigenvalue weighted by atomic mass is 9.86. The number of methoxy groups -OCH3 is 1. The Morgan fingerprint density at radius 2 is 2.12 bits per heavy atom. The molecule has 3 heterocycles. The van der Waals surface area contributed by atoms with Crippen molar-refractivity contribution in [3.63, 3.8) is 0 Å². The number of ether oxygens (including phenoxy) is 2. The molecule has 1 spiro atoms. The van der Waals surface area contributed by atoms with E-state index >= 15 is 0 Å². The number of halogens is 3. The van der Waals surface area contributed by atoms with Crippen LogP contribution in [0.25, 0.3) is 0 Å². The van der Waals surface area contributed by atoms with Gasteiger partial charge in [-0.15, -0.1) is 0 Å². The van der Waals surface area contributed by atoms with Crippen LogP contribution in [0.15, 0.2) is 24.4 Å². The zero-order valence-electron chi connectivity index (χ0n) is 18.3. The molecule has 1 aromatic rings. The van der Waals surface area contributed by atoms with Crippen LogP contribution in [0.3, 0.4) is 0 Å². The molecule has 32 heavy (non-hydrogen) atoms. The Balaban J connectivity index is 0.000000451. The van der Waals surface area contributed by atoms with Crippen LogP contribution < -0.4 is 0 Å². The Hall–Kier alpha value is -2.24. The van der Waals surface area contributed by atoms with Crippen molar-refractivity contribution in [1.29, 1.82) is 0 Å². The van der Waals surface area contributed by atoms with E-state index in [4.69, 9.17) is 19.4 Å². The van der Waals surface area contributed by atoms with Crippen LogP contribution in [0.2, 0.25) is 0 Å². The van der Waals surface area contributed by atoms with E-state index in [0.717, 1.165) is 52.1 Å². The van der Waals surface area contributed by atoms with Gasteiger partial charge in [-0.1, -0.05) is 6.07 Å². The minimum absolute atomic E-state index is 0.0175. The molecule has 0 bridgehead atoms. The van der Waals surface area contributed by atoms with Crippen LogP contribution in [0.5, 0.6) is 0 Å². The fourth-order valence-electron chi connectivity index (χ4n) is 4.04. The first-order valence-electron chi connectivity index (χ1n) is 10.4. The molecule has 2 aliphatic rings. The van der Waals surface area contributed by atoms with Crippen molar-refractivity contribution in [2.24, 2.45) is 5.92 Å². The smallest absolute Gasteiger partial charge is 0.475 e. The summed E-state index contributed by atoms with van der Waals surface area (Å²) in [6.45, 7) is 4.95. The molecule has 1 aromatic heterocycles. The molecule has 11 heteroatoms. The molecule has 2 atom stereocenters. The van der Waals surface area contributed by atoms with Gasteiger partial charge in [-0.2, -0.15) is 13.2 Å². The van der Waals surface area contributed by atoms with Crippen molar-refractivity contribution in [2.75, 3.05) is 53.6 Å². The number of likely N-dealkylation sites (tertiary alicyclic amines) is 1. The van der Waals surface area contributed by atoms with E-state index in [2.05, 4.69) is 16.9 Å². The van der Waals surface area contributed by atoms with Gasteiger partial charge in [-0.3, -0.25) is 9.78 Å². The molecular formula is C21H30F3N3O5. The summed E-state index contributed by atoms with van der Waals surface area (Å²) in [7, 11) is 3.86. The Kier molecular flexibility index (Phi) is 9.41. The molecule has 8 nitrogen and oxygen atoms in total. The molecule has 1 amide bonds. The molecular weight excluding hydrogens is 431 g/mol. The molecule has 2 saturated heterocycles. The number of carboxylic acids is 1. The first-order valence-corrected chi connectivity index (χ1v) is 10.4. The maximum Gasteiger partial charge on any atom is 0.490 e. The number of rotatable bonds is 6. The van der Waals surface area contributed by atoms with Crippen molar-refractivity contribution in [3.8, 4) is 0 Å². The van der Waals surface area contributed by atoms with E-state index < -0.39 is 12.1 Å². The Bertz CT molecular complexity index is 750. The molecule has 0 saturated carbocycles. The lowest BCUT2D eigenvalue weighted by Gasteiger charge is -2.39. The second-order valence-corrected chi connectivity index (χ2v) is 8.17. The Morgan fingerprint density at radius 1 is 1.41 bits per heavy atom. The molecule has 2 fully saturated rings. The standard InChI is InChI=1S/C19H29N3O3.C2HF3O2/c1-21(10-11-24-2)13-16-12-19(25-14-16)7-5-9-22(15-19)18(23)17-6-3-4-8-20-17;3-2(4,5)1(6)7/h3-4,6,8,16H,5,7,9-15H2,1-2H3;(H,6,7). The molecule has 2 aliphatic heterocycles. The first-order chi connectivity index (χ1) is 15.1. The average Bonchev–Trinajstić information content (AvgIpc) is 3.13. The fourth-order valence-corrected chi connectivity index (χ4v) is 4.04. The SMILES string of the molecule is COCCN(C)CC1COC2(CCCN(C(=O)c3ccccn3)C2)C1.O=C(O)C(F)(F)F. The summed E-state index contributed by atoms with van der Waals surface area (Å²) in [5.41, 5.74) is 0.350. The number of pyridine rings is 1. The highest BCUT2D eigenvalue weighted by Gasteiger charge is 2.44. The largest absolute Gasteiger partial charge is 0.490 e. The zero-order valence-corrected chi connectivity index (χ0v) is 18.3. The molecule has 0 radical (unpaired) electrons. The van der Waals surface area contributed by atoms with Crippen LogP contribution in [0.1, 0.15) is 29.8 Å². The van der Waals surface area contributed by atoms with E-state index in [-0.39, 0.29) is 11.5 Å². The van der Waals surface area contributed by atoms with Gasteiger partial charge in [-0.25, -0.2) is 4.79 Å². The van der Waals surface area contributed by atoms with Crippen molar-refractivity contribution < 1.29 is 37.3 Å². The van der Waals surface area contributed by atoms with Crippen LogP contribution in [-0.2, 0) is 14.3 Å². The summed E-state index contributed by atoms with van der Waals surface area (Å²) in [5.74, 6) is -2.22. The first kappa shape index (κ1) is 26.0. The van der Waals surface area contributed by atoms with Crippen LogP contribution in [-0.4, -0.2) is 97.1 Å². The van der Waals surface area contributed by atoms with Gasteiger partial charge in [0.25, 0.3) is 5.91 Å². The van der Waals surface area contributed by atoms with E-state index in [1.54, 1.807) is 19.4 Å². The minimum atomic E-state index is -5.08. The van der Waals surface area contributed by atoms with Gasteiger partial charge in [-0.05, 0) is 44.4 Å². The van der Waals surface area contributed by atoms with Crippen LogP contribution in [0.4, 0.5) is 13.2 Å². The van der Waals surface area contributed by atoms with Gasteiger partial charge in [0.1, 0.15) is 5.69 Å². The summed E-state index contributed by atoms with van der Waals surface area (Å²) in [6.07, 6.45) is -0.358. The lowest BCUT2D eigenvalue weighted by molar-refractivity contribution is -0.192. The summed E-state index contributed by atoms with van der Waals surface area (Å²) >= 11 is 0. The number of amides is 1. The Morgan fingerprint density at radius 3 is 2.72 bits per heavy atom. The lowest BCUT2D eigenvalue weighted by Crippen LogP contribution is -2.50. The second kappa shape index (κ2) is 11.6.